The summed E-state index contributed by atoms with van der Waals surface area (Å²) in [5.41, 5.74) is 14.2. The molecule has 1 rings (SSSR count). The highest BCUT2D eigenvalue weighted by molar-refractivity contribution is 8.13. The summed E-state index contributed by atoms with van der Waals surface area (Å²) in [6, 6.07) is 5.16. The molecule has 0 fully saturated rings. The number of halogens is 2. The molecule has 20 heavy (non-hydrogen) atoms. The molecule has 0 amide bonds. The van der Waals surface area contributed by atoms with E-state index in [1.54, 1.807) is 18.2 Å². The van der Waals surface area contributed by atoms with Crippen molar-refractivity contribution in [3.05, 3.63) is 33.8 Å². The van der Waals surface area contributed by atoms with Crippen LogP contribution in [0.2, 0.25) is 10.0 Å². The van der Waals surface area contributed by atoms with Crippen molar-refractivity contribution < 1.29 is 0 Å². The Kier molecular flexibility index (Phi) is 7.21. The molecule has 5 N–H and O–H groups in total. The number of amidine groups is 1. The van der Waals surface area contributed by atoms with Gasteiger partial charge < -0.3 is 11.5 Å². The summed E-state index contributed by atoms with van der Waals surface area (Å²) in [7, 11) is 0. The second-order valence-corrected chi connectivity index (χ2v) is 5.46. The standard InChI is InChI=1S/C11H14Cl2N6S/c1-2-20-11(15)19-18-10(14)17-16-6-7-8(12)4-3-5-9(7)13/h3-6H,2H2,1H3,(H2,15,19)(H3,14,17,18)/b16-6+. The summed E-state index contributed by atoms with van der Waals surface area (Å²) in [5, 5.41) is 12.5. The first-order valence-electron chi connectivity index (χ1n) is 5.57. The van der Waals surface area contributed by atoms with Crippen LogP contribution < -0.4 is 16.9 Å². The lowest BCUT2D eigenvalue weighted by Gasteiger charge is -2.01. The van der Waals surface area contributed by atoms with E-state index in [-0.39, 0.29) is 5.96 Å². The molecule has 1 aromatic carbocycles. The molecular weight excluding hydrogens is 319 g/mol. The molecule has 9 heteroatoms. The van der Waals surface area contributed by atoms with E-state index in [2.05, 4.69) is 20.7 Å². The van der Waals surface area contributed by atoms with E-state index < -0.39 is 0 Å². The Bertz CT molecular complexity index is 523. The second kappa shape index (κ2) is 8.68. The van der Waals surface area contributed by atoms with E-state index >= 15 is 0 Å². The van der Waals surface area contributed by atoms with Gasteiger partial charge in [0.2, 0.25) is 5.96 Å². The Morgan fingerprint density at radius 1 is 1.30 bits per heavy atom. The summed E-state index contributed by atoms with van der Waals surface area (Å²) in [6.07, 6.45) is 1.45. The van der Waals surface area contributed by atoms with Crippen LogP contribution in [0.4, 0.5) is 0 Å². The van der Waals surface area contributed by atoms with Gasteiger partial charge in [-0.2, -0.15) is 5.10 Å². The third kappa shape index (κ3) is 5.68. The molecule has 0 aliphatic rings. The summed E-state index contributed by atoms with van der Waals surface area (Å²) < 4.78 is 0. The van der Waals surface area contributed by atoms with Crippen LogP contribution in [0, 0.1) is 0 Å². The molecule has 0 spiro atoms. The number of hydrazone groups is 1. The van der Waals surface area contributed by atoms with Crippen molar-refractivity contribution in [2.45, 2.75) is 6.92 Å². The zero-order valence-electron chi connectivity index (χ0n) is 10.7. The summed E-state index contributed by atoms with van der Waals surface area (Å²) in [6.45, 7) is 1.95. The molecule has 0 saturated heterocycles. The highest BCUT2D eigenvalue weighted by atomic mass is 35.5. The van der Waals surface area contributed by atoms with Crippen molar-refractivity contribution in [1.29, 1.82) is 0 Å². The van der Waals surface area contributed by atoms with Crippen LogP contribution in [0.15, 0.2) is 33.5 Å². The highest BCUT2D eigenvalue weighted by Gasteiger charge is 2.01. The molecule has 0 bridgehead atoms. The average Bonchev–Trinajstić information content (AvgIpc) is 2.40. The Balaban J connectivity index is 2.65. The van der Waals surface area contributed by atoms with Crippen molar-refractivity contribution in [2.75, 3.05) is 5.75 Å². The van der Waals surface area contributed by atoms with E-state index in [0.29, 0.717) is 20.8 Å². The van der Waals surface area contributed by atoms with Gasteiger partial charge in [-0.15, -0.1) is 10.2 Å². The molecule has 108 valence electrons. The zero-order chi connectivity index (χ0) is 15.0. The number of nitrogens with one attached hydrogen (secondary N) is 1. The zero-order valence-corrected chi connectivity index (χ0v) is 13.0. The predicted octanol–water partition coefficient (Wildman–Crippen LogP) is 2.21. The predicted molar refractivity (Wildman–Crippen MR) is 88.6 cm³/mol. The molecule has 0 radical (unpaired) electrons. The summed E-state index contributed by atoms with van der Waals surface area (Å²) in [5.74, 6) is 0.811. The summed E-state index contributed by atoms with van der Waals surface area (Å²) >= 11 is 13.3. The smallest absolute Gasteiger partial charge is 0.234 e. The van der Waals surface area contributed by atoms with Crippen molar-refractivity contribution in [3.8, 4) is 0 Å². The molecule has 0 saturated carbocycles. The monoisotopic (exact) mass is 332 g/mol. The minimum Gasteiger partial charge on any atom is -0.377 e. The molecular formula is C11H14Cl2N6S. The SMILES string of the molecule is CCS/C(N)=N\N=C(/N)N/N=C/c1c(Cl)cccc1Cl. The minimum absolute atomic E-state index is 0.00378. The van der Waals surface area contributed by atoms with Crippen molar-refractivity contribution >= 4 is 52.3 Å². The molecule has 0 aromatic heterocycles. The Labute approximate surface area is 131 Å². The maximum absolute atomic E-state index is 5.98. The van der Waals surface area contributed by atoms with E-state index in [1.807, 2.05) is 6.92 Å². The maximum Gasteiger partial charge on any atom is 0.234 e. The lowest BCUT2D eigenvalue weighted by Crippen LogP contribution is -2.27. The Morgan fingerprint density at radius 2 is 1.95 bits per heavy atom. The number of thioether (sulfide) groups is 1. The number of benzene rings is 1. The minimum atomic E-state index is 0.00378. The average molecular weight is 333 g/mol. The molecule has 0 aliphatic carbocycles. The lowest BCUT2D eigenvalue weighted by molar-refractivity contribution is 0.993. The highest BCUT2D eigenvalue weighted by Crippen LogP contribution is 2.21. The van der Waals surface area contributed by atoms with Gasteiger partial charge in [-0.1, -0.05) is 48.0 Å². The quantitative estimate of drug-likeness (QED) is 0.447. The molecule has 0 unspecified atom stereocenters. The maximum atomic E-state index is 5.98. The molecule has 0 atom stereocenters. The van der Waals surface area contributed by atoms with Gasteiger partial charge in [-0.25, -0.2) is 5.43 Å². The normalized spacial score (nSPS) is 12.9. The number of guanidine groups is 1. The Hall–Kier alpha value is -1.44. The number of rotatable bonds is 4. The van der Waals surface area contributed by atoms with Crippen LogP contribution in [-0.2, 0) is 0 Å². The molecule has 0 heterocycles. The van der Waals surface area contributed by atoms with Gasteiger partial charge in [0.25, 0.3) is 0 Å². The second-order valence-electron chi connectivity index (χ2n) is 3.36. The van der Waals surface area contributed by atoms with E-state index in [0.717, 1.165) is 5.75 Å². The van der Waals surface area contributed by atoms with Crippen molar-refractivity contribution in [2.24, 2.45) is 26.8 Å². The first-order chi connectivity index (χ1) is 9.54. The van der Waals surface area contributed by atoms with Gasteiger partial charge >= 0.3 is 0 Å². The largest absolute Gasteiger partial charge is 0.377 e. The van der Waals surface area contributed by atoms with Crippen molar-refractivity contribution in [3.63, 3.8) is 0 Å². The van der Waals surface area contributed by atoms with Crippen molar-refractivity contribution in [1.82, 2.24) is 5.43 Å². The first kappa shape index (κ1) is 16.6. The van der Waals surface area contributed by atoms with Gasteiger partial charge in [0, 0.05) is 5.56 Å². The fraction of sp³-hybridized carbons (Fsp3) is 0.182. The van der Waals surface area contributed by atoms with Crippen LogP contribution in [0.3, 0.4) is 0 Å². The topological polar surface area (TPSA) is 101 Å². The lowest BCUT2D eigenvalue weighted by atomic mass is 10.2. The van der Waals surface area contributed by atoms with Gasteiger partial charge in [0.05, 0.1) is 16.3 Å². The van der Waals surface area contributed by atoms with Gasteiger partial charge in [-0.3, -0.25) is 0 Å². The third-order valence-electron chi connectivity index (χ3n) is 1.92. The van der Waals surface area contributed by atoms with Crippen LogP contribution in [-0.4, -0.2) is 23.1 Å². The number of hydrogen-bond acceptors (Lipinski definition) is 4. The van der Waals surface area contributed by atoms with Crippen LogP contribution in [0.25, 0.3) is 0 Å². The fourth-order valence-electron chi connectivity index (χ4n) is 1.10. The summed E-state index contributed by atoms with van der Waals surface area (Å²) in [4.78, 5) is 0. The first-order valence-corrected chi connectivity index (χ1v) is 7.31. The third-order valence-corrected chi connectivity index (χ3v) is 3.25. The fourth-order valence-corrected chi connectivity index (χ4v) is 1.99. The molecule has 6 nitrogen and oxygen atoms in total. The number of nitrogens with two attached hydrogens (primary N) is 2. The number of nitrogens with zero attached hydrogens (tertiary/aromatic N) is 3. The van der Waals surface area contributed by atoms with E-state index in [1.165, 1.54) is 18.0 Å². The molecule has 0 aliphatic heterocycles. The van der Waals surface area contributed by atoms with Crippen LogP contribution >= 0.6 is 35.0 Å². The van der Waals surface area contributed by atoms with Gasteiger partial charge in [0.1, 0.15) is 0 Å². The van der Waals surface area contributed by atoms with Gasteiger partial charge in [-0.05, 0) is 17.9 Å². The van der Waals surface area contributed by atoms with E-state index in [4.69, 9.17) is 34.7 Å². The Morgan fingerprint density at radius 3 is 2.55 bits per heavy atom. The van der Waals surface area contributed by atoms with Crippen LogP contribution in [0.1, 0.15) is 12.5 Å². The van der Waals surface area contributed by atoms with Gasteiger partial charge in [0.15, 0.2) is 5.17 Å². The van der Waals surface area contributed by atoms with E-state index in [9.17, 15) is 0 Å². The molecule has 1 aromatic rings. The number of hydrogen-bond donors (Lipinski definition) is 3. The van der Waals surface area contributed by atoms with Crippen LogP contribution in [0.5, 0.6) is 0 Å².